The van der Waals surface area contributed by atoms with Crippen molar-refractivity contribution in [1.29, 1.82) is 0 Å². The molecule has 0 amide bonds. The number of nitro benzene ring substituents is 2. The van der Waals surface area contributed by atoms with Gasteiger partial charge in [-0.05, 0) is 30.2 Å². The van der Waals surface area contributed by atoms with Crippen LogP contribution >= 0.6 is 0 Å². The summed E-state index contributed by atoms with van der Waals surface area (Å²) >= 11 is 0. The maximum atomic E-state index is 11.2. The van der Waals surface area contributed by atoms with E-state index in [-0.39, 0.29) is 17.2 Å². The molecule has 0 heterocycles. The van der Waals surface area contributed by atoms with Gasteiger partial charge in [0.15, 0.2) is 18.1 Å². The number of allylic oxidation sites excluding steroid dienone is 1. The van der Waals surface area contributed by atoms with Crippen LogP contribution in [0.4, 0.5) is 17.1 Å². The van der Waals surface area contributed by atoms with E-state index < -0.39 is 33.8 Å². The van der Waals surface area contributed by atoms with Crippen LogP contribution in [0.5, 0.6) is 11.5 Å². The molecule has 0 atom stereocenters. The van der Waals surface area contributed by atoms with Crippen LogP contribution in [0.1, 0.15) is 11.1 Å². The fourth-order valence-corrected chi connectivity index (χ4v) is 2.57. The van der Waals surface area contributed by atoms with Gasteiger partial charge < -0.3 is 14.6 Å². The number of nitro groups is 2. The lowest BCUT2D eigenvalue weighted by Gasteiger charge is -2.14. The van der Waals surface area contributed by atoms with Crippen LogP contribution in [0, 0.1) is 20.2 Å². The molecule has 0 fully saturated rings. The van der Waals surface area contributed by atoms with Crippen molar-refractivity contribution < 1.29 is 29.2 Å². The molecule has 0 saturated heterocycles. The number of benzene rings is 2. The molecule has 0 aliphatic carbocycles. The number of nitrogens with zero attached hydrogens (tertiary/aromatic N) is 3. The van der Waals surface area contributed by atoms with E-state index in [0.29, 0.717) is 17.5 Å². The zero-order chi connectivity index (χ0) is 23.0. The van der Waals surface area contributed by atoms with Gasteiger partial charge in [0.05, 0.1) is 29.2 Å². The zero-order valence-electron chi connectivity index (χ0n) is 16.3. The lowest BCUT2D eigenvalue weighted by Crippen LogP contribution is -2.11. The predicted molar refractivity (Wildman–Crippen MR) is 111 cm³/mol. The van der Waals surface area contributed by atoms with Crippen LogP contribution in [0.15, 0.2) is 48.1 Å². The van der Waals surface area contributed by atoms with Gasteiger partial charge in [-0.3, -0.25) is 25.7 Å². The second-order valence-corrected chi connectivity index (χ2v) is 5.97. The molecule has 0 bridgehead atoms. The SMILES string of the molecule is C=CCc1cc(/C=N\Nc2ccc([N+](=O)[O-])cc2[N+](=O)[O-])cc(OC)c1OCC(=O)O. The fourth-order valence-electron chi connectivity index (χ4n) is 2.57. The van der Waals surface area contributed by atoms with Crippen molar-refractivity contribution in [1.82, 2.24) is 0 Å². The van der Waals surface area contributed by atoms with Crippen molar-refractivity contribution in [2.75, 3.05) is 19.1 Å². The highest BCUT2D eigenvalue weighted by molar-refractivity contribution is 5.83. The maximum Gasteiger partial charge on any atom is 0.341 e. The number of carboxylic acid groups (broad SMARTS) is 1. The summed E-state index contributed by atoms with van der Waals surface area (Å²) in [6.07, 6.45) is 3.30. The number of rotatable bonds is 11. The van der Waals surface area contributed by atoms with E-state index in [1.165, 1.54) is 19.4 Å². The number of hydrazone groups is 1. The number of methoxy groups -OCH3 is 1. The van der Waals surface area contributed by atoms with Gasteiger partial charge in [-0.15, -0.1) is 6.58 Å². The molecule has 0 aliphatic heterocycles. The van der Waals surface area contributed by atoms with Gasteiger partial charge >= 0.3 is 11.7 Å². The number of carbonyl (C=O) groups is 1. The Kier molecular flexibility index (Phi) is 7.61. The zero-order valence-corrected chi connectivity index (χ0v) is 16.3. The van der Waals surface area contributed by atoms with Crippen LogP contribution in [0.3, 0.4) is 0 Å². The minimum atomic E-state index is -1.15. The van der Waals surface area contributed by atoms with E-state index >= 15 is 0 Å². The molecule has 0 aliphatic rings. The van der Waals surface area contributed by atoms with Gasteiger partial charge in [-0.1, -0.05) is 6.08 Å². The number of anilines is 1. The van der Waals surface area contributed by atoms with Crippen molar-refractivity contribution in [3.63, 3.8) is 0 Å². The van der Waals surface area contributed by atoms with Crippen LogP contribution in [-0.4, -0.2) is 40.9 Å². The molecule has 2 rings (SSSR count). The molecule has 0 aromatic heterocycles. The highest BCUT2D eigenvalue weighted by atomic mass is 16.6. The van der Waals surface area contributed by atoms with E-state index in [2.05, 4.69) is 17.1 Å². The first-order valence-corrected chi connectivity index (χ1v) is 8.65. The summed E-state index contributed by atoms with van der Waals surface area (Å²) in [6.45, 7) is 3.10. The Morgan fingerprint density at radius 3 is 2.58 bits per heavy atom. The maximum absolute atomic E-state index is 11.2. The smallest absolute Gasteiger partial charge is 0.341 e. The topological polar surface area (TPSA) is 166 Å². The molecule has 2 aromatic rings. The standard InChI is InChI=1S/C19H18N4O8/c1-3-4-13-7-12(8-17(30-2)19(13)31-11-18(24)25)10-20-21-15-6-5-14(22(26)27)9-16(15)23(28)29/h3,5-10,21H,1,4,11H2,2H3,(H,24,25)/b20-10-. The quantitative estimate of drug-likeness (QED) is 0.235. The Morgan fingerprint density at radius 2 is 2.00 bits per heavy atom. The Hall–Kier alpha value is -4.48. The third-order valence-electron chi connectivity index (χ3n) is 3.87. The summed E-state index contributed by atoms with van der Waals surface area (Å²) < 4.78 is 10.6. The minimum absolute atomic E-state index is 0.0356. The molecular weight excluding hydrogens is 412 g/mol. The molecule has 162 valence electrons. The number of ether oxygens (including phenoxy) is 2. The monoisotopic (exact) mass is 430 g/mol. The number of hydrogen-bond acceptors (Lipinski definition) is 9. The Balaban J connectivity index is 2.32. The first-order valence-electron chi connectivity index (χ1n) is 8.65. The molecule has 0 saturated carbocycles. The minimum Gasteiger partial charge on any atom is -0.493 e. The third kappa shape index (κ3) is 6.00. The normalized spacial score (nSPS) is 10.5. The molecule has 0 spiro atoms. The number of nitrogens with one attached hydrogen (secondary N) is 1. The summed E-state index contributed by atoms with van der Waals surface area (Å²) in [6, 6.07) is 6.33. The first-order chi connectivity index (χ1) is 14.8. The fraction of sp³-hybridized carbons (Fsp3) is 0.158. The van der Waals surface area contributed by atoms with Gasteiger partial charge in [0.2, 0.25) is 0 Å². The van der Waals surface area contributed by atoms with Crippen LogP contribution in [0.2, 0.25) is 0 Å². The van der Waals surface area contributed by atoms with Gasteiger partial charge in [-0.2, -0.15) is 5.10 Å². The number of carboxylic acids is 1. The third-order valence-corrected chi connectivity index (χ3v) is 3.87. The highest BCUT2D eigenvalue weighted by Gasteiger charge is 2.19. The van der Waals surface area contributed by atoms with Crippen molar-refractivity contribution in [2.24, 2.45) is 5.10 Å². The Morgan fingerprint density at radius 1 is 1.26 bits per heavy atom. The largest absolute Gasteiger partial charge is 0.493 e. The second-order valence-electron chi connectivity index (χ2n) is 5.97. The van der Waals surface area contributed by atoms with Crippen molar-refractivity contribution in [2.45, 2.75) is 6.42 Å². The van der Waals surface area contributed by atoms with Crippen molar-refractivity contribution in [3.8, 4) is 11.5 Å². The lowest BCUT2D eigenvalue weighted by molar-refractivity contribution is -0.393. The number of hydrogen-bond donors (Lipinski definition) is 2. The van der Waals surface area contributed by atoms with Crippen LogP contribution < -0.4 is 14.9 Å². The highest BCUT2D eigenvalue weighted by Crippen LogP contribution is 2.33. The van der Waals surface area contributed by atoms with Crippen molar-refractivity contribution in [3.05, 3.63) is 74.3 Å². The lowest BCUT2D eigenvalue weighted by atomic mass is 10.1. The van der Waals surface area contributed by atoms with Gasteiger partial charge in [0.25, 0.3) is 5.69 Å². The molecule has 31 heavy (non-hydrogen) atoms. The molecule has 2 aromatic carbocycles. The molecule has 0 unspecified atom stereocenters. The number of non-ortho nitro benzene ring substituents is 1. The molecule has 12 nitrogen and oxygen atoms in total. The van der Waals surface area contributed by atoms with E-state index in [4.69, 9.17) is 14.6 Å². The summed E-state index contributed by atoms with van der Waals surface area (Å²) in [7, 11) is 1.39. The average molecular weight is 430 g/mol. The average Bonchev–Trinajstić information content (AvgIpc) is 2.72. The summed E-state index contributed by atoms with van der Waals surface area (Å²) in [5, 5.41) is 34.8. The van der Waals surface area contributed by atoms with E-state index in [0.717, 1.165) is 12.1 Å². The Bertz CT molecular complexity index is 1050. The molecule has 2 N–H and O–H groups in total. The van der Waals surface area contributed by atoms with Crippen LogP contribution in [-0.2, 0) is 11.2 Å². The summed E-state index contributed by atoms with van der Waals surface area (Å²) in [4.78, 5) is 31.3. The van der Waals surface area contributed by atoms with Crippen LogP contribution in [0.25, 0.3) is 0 Å². The predicted octanol–water partition coefficient (Wildman–Crippen LogP) is 3.15. The summed E-state index contributed by atoms with van der Waals surface area (Å²) in [5.41, 5.74) is 2.64. The molecule has 0 radical (unpaired) electrons. The Labute approximate surface area is 175 Å². The van der Waals surface area contributed by atoms with E-state index in [1.54, 1.807) is 18.2 Å². The van der Waals surface area contributed by atoms with Gasteiger partial charge in [-0.25, -0.2) is 4.79 Å². The van der Waals surface area contributed by atoms with Gasteiger partial charge in [0.1, 0.15) is 5.69 Å². The number of aliphatic carboxylic acids is 1. The molecular formula is C19H18N4O8. The second kappa shape index (κ2) is 10.3. The van der Waals surface area contributed by atoms with E-state index in [1.807, 2.05) is 0 Å². The van der Waals surface area contributed by atoms with E-state index in [9.17, 15) is 25.0 Å². The first kappa shape index (κ1) is 22.8. The van der Waals surface area contributed by atoms with Gasteiger partial charge in [0, 0.05) is 11.6 Å². The summed E-state index contributed by atoms with van der Waals surface area (Å²) in [5.74, 6) is -0.629. The van der Waals surface area contributed by atoms with Crippen molar-refractivity contribution >= 4 is 29.2 Å². The molecule has 12 heteroatoms.